The highest BCUT2D eigenvalue weighted by Crippen LogP contribution is 2.46. The molecule has 0 aliphatic rings. The van der Waals surface area contributed by atoms with Crippen LogP contribution in [0.15, 0.2) is 36.4 Å². The van der Waals surface area contributed by atoms with Crippen LogP contribution in [0, 0.1) is 6.92 Å². The topological polar surface area (TPSA) is 38.3 Å². The summed E-state index contributed by atoms with van der Waals surface area (Å²) in [5.74, 6) is 0.305. The molecule has 1 unspecified atom stereocenters. The van der Waals surface area contributed by atoms with Crippen LogP contribution in [0.2, 0.25) is 15.1 Å². The fraction of sp³-hybridized carbons (Fsp3) is 0.143. The van der Waals surface area contributed by atoms with Crippen LogP contribution in [0.5, 0.6) is 5.75 Å². The zero-order valence-electron chi connectivity index (χ0n) is 11.4. The Hall–Kier alpha value is -0.860. The van der Waals surface area contributed by atoms with E-state index < -0.39 is 7.52 Å². The second-order valence-electron chi connectivity index (χ2n) is 4.58. The second kappa shape index (κ2) is 6.50. The molecule has 2 aromatic carbocycles. The first-order valence-corrected chi connectivity index (χ1v) is 9.24. The molecular weight excluding hydrogens is 351 g/mol. The van der Waals surface area contributed by atoms with Gasteiger partial charge in [-0.1, -0.05) is 40.9 Å². The van der Waals surface area contributed by atoms with Crippen molar-refractivity contribution in [3.8, 4) is 5.75 Å². The van der Waals surface area contributed by atoms with Gasteiger partial charge in [-0.05, 0) is 42.8 Å². The van der Waals surface area contributed by atoms with E-state index in [0.29, 0.717) is 26.5 Å². The molecule has 0 bridgehead atoms. The molecule has 0 aliphatic heterocycles. The monoisotopic (exact) mass is 363 g/mol. The molecular formula is C14H13Cl3NO2P. The molecule has 3 nitrogen and oxygen atoms in total. The van der Waals surface area contributed by atoms with Gasteiger partial charge in [0.25, 0.3) is 0 Å². The Labute approximate surface area is 138 Å². The van der Waals surface area contributed by atoms with E-state index in [0.717, 1.165) is 5.56 Å². The number of rotatable bonds is 4. The lowest BCUT2D eigenvalue weighted by Gasteiger charge is -2.19. The van der Waals surface area contributed by atoms with Gasteiger partial charge in [0.2, 0.25) is 0 Å². The van der Waals surface area contributed by atoms with E-state index in [1.165, 1.54) is 12.7 Å². The van der Waals surface area contributed by atoms with Crippen molar-refractivity contribution in [1.29, 1.82) is 0 Å². The van der Waals surface area contributed by atoms with E-state index in [-0.39, 0.29) is 0 Å². The van der Waals surface area contributed by atoms with Crippen LogP contribution < -0.4 is 9.61 Å². The maximum Gasteiger partial charge on any atom is 0.338 e. The van der Waals surface area contributed by atoms with Crippen molar-refractivity contribution in [1.82, 2.24) is 0 Å². The van der Waals surface area contributed by atoms with Crippen LogP contribution in [0.25, 0.3) is 0 Å². The first-order valence-electron chi connectivity index (χ1n) is 6.03. The third kappa shape index (κ3) is 4.55. The molecule has 1 atom stereocenters. The Morgan fingerprint density at radius 2 is 1.67 bits per heavy atom. The number of anilines is 1. The minimum Gasteiger partial charge on any atom is -0.427 e. The lowest BCUT2D eigenvalue weighted by molar-refractivity contribution is 0.493. The molecule has 0 amide bonds. The van der Waals surface area contributed by atoms with E-state index in [2.05, 4.69) is 5.09 Å². The van der Waals surface area contributed by atoms with Crippen LogP contribution in [0.4, 0.5) is 5.69 Å². The molecule has 0 heterocycles. The van der Waals surface area contributed by atoms with Crippen LogP contribution >= 0.6 is 42.3 Å². The summed E-state index contributed by atoms with van der Waals surface area (Å²) in [5.41, 5.74) is 1.56. The average Bonchev–Trinajstić information content (AvgIpc) is 2.37. The average molecular weight is 365 g/mol. The minimum absolute atomic E-state index is 0.300. The molecule has 112 valence electrons. The second-order valence-corrected chi connectivity index (χ2v) is 7.96. The summed E-state index contributed by atoms with van der Waals surface area (Å²) in [6, 6.07) is 10.0. The molecule has 0 aliphatic carbocycles. The number of hydrogen-bond donors (Lipinski definition) is 1. The van der Waals surface area contributed by atoms with Gasteiger partial charge in [0, 0.05) is 22.4 Å². The van der Waals surface area contributed by atoms with Crippen LogP contribution in [0.3, 0.4) is 0 Å². The maximum atomic E-state index is 12.6. The van der Waals surface area contributed by atoms with Gasteiger partial charge in [-0.25, -0.2) is 0 Å². The SMILES string of the molecule is Cc1ccc(Cl)cc1NP(C)(=O)Oc1ccc(Cl)cc1Cl. The summed E-state index contributed by atoms with van der Waals surface area (Å²) in [4.78, 5) is 0. The fourth-order valence-corrected chi connectivity index (χ4v) is 3.62. The molecule has 1 N–H and O–H groups in total. The Bertz CT molecular complexity index is 721. The van der Waals surface area contributed by atoms with Crippen molar-refractivity contribution in [2.24, 2.45) is 0 Å². The van der Waals surface area contributed by atoms with Crippen molar-refractivity contribution >= 4 is 48.0 Å². The summed E-state index contributed by atoms with van der Waals surface area (Å²) < 4.78 is 18.1. The quantitative estimate of drug-likeness (QED) is 0.650. The Morgan fingerprint density at radius 3 is 2.33 bits per heavy atom. The number of nitrogens with one attached hydrogen (secondary N) is 1. The normalized spacial score (nSPS) is 13.6. The van der Waals surface area contributed by atoms with Crippen molar-refractivity contribution in [2.75, 3.05) is 11.8 Å². The summed E-state index contributed by atoms with van der Waals surface area (Å²) in [5, 5.41) is 4.21. The van der Waals surface area contributed by atoms with Gasteiger partial charge in [-0.15, -0.1) is 0 Å². The summed E-state index contributed by atoms with van der Waals surface area (Å²) >= 11 is 17.8. The van der Waals surface area contributed by atoms with Crippen molar-refractivity contribution in [3.05, 3.63) is 57.0 Å². The number of aryl methyl sites for hydroxylation is 1. The van der Waals surface area contributed by atoms with Crippen molar-refractivity contribution in [2.45, 2.75) is 6.92 Å². The smallest absolute Gasteiger partial charge is 0.338 e. The largest absolute Gasteiger partial charge is 0.427 e. The van der Waals surface area contributed by atoms with Gasteiger partial charge < -0.3 is 9.61 Å². The van der Waals surface area contributed by atoms with Gasteiger partial charge >= 0.3 is 7.52 Å². The maximum absolute atomic E-state index is 12.6. The van der Waals surface area contributed by atoms with Crippen molar-refractivity contribution in [3.63, 3.8) is 0 Å². The Balaban J connectivity index is 2.22. The van der Waals surface area contributed by atoms with Gasteiger partial charge in [0.05, 0.1) is 5.02 Å². The van der Waals surface area contributed by atoms with E-state index in [1.807, 2.05) is 13.0 Å². The first-order chi connectivity index (χ1) is 9.77. The predicted octanol–water partition coefficient (Wildman–Crippen LogP) is 6.27. The molecule has 2 rings (SSSR count). The van der Waals surface area contributed by atoms with Crippen LogP contribution in [-0.2, 0) is 4.57 Å². The molecule has 0 spiro atoms. The molecule has 0 saturated heterocycles. The van der Waals surface area contributed by atoms with Gasteiger partial charge in [0.1, 0.15) is 5.75 Å². The lowest BCUT2D eigenvalue weighted by atomic mass is 10.2. The van der Waals surface area contributed by atoms with E-state index in [9.17, 15) is 4.57 Å². The molecule has 0 fully saturated rings. The van der Waals surface area contributed by atoms with E-state index in [1.54, 1.807) is 24.3 Å². The lowest BCUT2D eigenvalue weighted by Crippen LogP contribution is -2.03. The highest BCUT2D eigenvalue weighted by atomic mass is 35.5. The highest BCUT2D eigenvalue weighted by Gasteiger charge is 2.20. The zero-order valence-corrected chi connectivity index (χ0v) is 14.5. The van der Waals surface area contributed by atoms with E-state index in [4.69, 9.17) is 39.3 Å². The third-order valence-electron chi connectivity index (χ3n) is 2.69. The molecule has 2 aromatic rings. The molecule has 7 heteroatoms. The van der Waals surface area contributed by atoms with Gasteiger partial charge in [-0.2, -0.15) is 0 Å². The summed E-state index contributed by atoms with van der Waals surface area (Å²) in [6.45, 7) is 3.35. The van der Waals surface area contributed by atoms with Crippen LogP contribution in [0.1, 0.15) is 5.56 Å². The predicted molar refractivity (Wildman–Crippen MR) is 90.4 cm³/mol. The molecule has 21 heavy (non-hydrogen) atoms. The van der Waals surface area contributed by atoms with Crippen LogP contribution in [-0.4, -0.2) is 6.66 Å². The third-order valence-corrected chi connectivity index (χ3v) is 4.65. The number of halogens is 3. The molecule has 0 saturated carbocycles. The van der Waals surface area contributed by atoms with Gasteiger partial charge in [0.15, 0.2) is 0 Å². The van der Waals surface area contributed by atoms with Crippen molar-refractivity contribution < 1.29 is 9.09 Å². The highest BCUT2D eigenvalue weighted by molar-refractivity contribution is 7.60. The van der Waals surface area contributed by atoms with Gasteiger partial charge in [-0.3, -0.25) is 4.57 Å². The summed E-state index contributed by atoms with van der Waals surface area (Å²) in [7, 11) is -3.16. The minimum atomic E-state index is -3.16. The van der Waals surface area contributed by atoms with E-state index >= 15 is 0 Å². The number of hydrogen-bond acceptors (Lipinski definition) is 2. The standard InChI is InChI=1S/C14H13Cl3NO2P/c1-9-3-4-11(16)8-13(9)18-21(2,19)20-14-6-5-10(15)7-12(14)17/h3-8H,1-2H3,(H,18,19). The Kier molecular flexibility index (Phi) is 5.11. The summed E-state index contributed by atoms with van der Waals surface area (Å²) in [6.07, 6.45) is 0. The Morgan fingerprint density at radius 1 is 1.05 bits per heavy atom. The fourth-order valence-electron chi connectivity index (χ4n) is 1.69. The first kappa shape index (κ1) is 16.5. The number of benzene rings is 2. The zero-order chi connectivity index (χ0) is 15.6. The molecule has 0 aromatic heterocycles. The molecule has 0 radical (unpaired) electrons.